The Morgan fingerprint density at radius 1 is 1.36 bits per heavy atom. The quantitative estimate of drug-likeness (QED) is 0.798. The molecule has 1 N–H and O–H groups in total. The third-order valence-corrected chi connectivity index (χ3v) is 4.21. The summed E-state index contributed by atoms with van der Waals surface area (Å²) in [5, 5.41) is 9.34. The van der Waals surface area contributed by atoms with Crippen molar-refractivity contribution in [2.24, 2.45) is 0 Å². The standard InChI is InChI=1S/C15H12N2O4S/c1-21-15-16-12-10(7-11(22-12)14(19)20)13(18)17(15)8-9-5-3-2-4-6-9/h2-7H,8H2,1H3,(H,19,20). The molecule has 3 aromatic rings. The van der Waals surface area contributed by atoms with E-state index in [1.54, 1.807) is 0 Å². The Morgan fingerprint density at radius 3 is 2.73 bits per heavy atom. The number of carbonyl (C=O) groups is 1. The Hall–Kier alpha value is -2.67. The van der Waals surface area contributed by atoms with E-state index in [2.05, 4.69) is 4.98 Å². The number of carboxylic acid groups (broad SMARTS) is 1. The molecule has 2 aromatic heterocycles. The van der Waals surface area contributed by atoms with E-state index in [0.717, 1.165) is 16.9 Å². The van der Waals surface area contributed by atoms with Gasteiger partial charge in [0.2, 0.25) is 0 Å². The maximum Gasteiger partial charge on any atom is 0.345 e. The molecule has 0 saturated heterocycles. The van der Waals surface area contributed by atoms with Crippen molar-refractivity contribution in [3.63, 3.8) is 0 Å². The van der Waals surface area contributed by atoms with Gasteiger partial charge in [-0.2, -0.15) is 4.98 Å². The number of rotatable bonds is 4. The molecule has 3 rings (SSSR count). The molecule has 0 spiro atoms. The zero-order chi connectivity index (χ0) is 15.7. The summed E-state index contributed by atoms with van der Waals surface area (Å²) < 4.78 is 6.59. The minimum Gasteiger partial charge on any atom is -0.477 e. The molecule has 0 radical (unpaired) electrons. The Labute approximate surface area is 129 Å². The van der Waals surface area contributed by atoms with E-state index in [1.807, 2.05) is 30.3 Å². The first-order valence-corrected chi connectivity index (χ1v) is 7.27. The summed E-state index contributed by atoms with van der Waals surface area (Å²) in [5.41, 5.74) is 0.618. The van der Waals surface area contributed by atoms with E-state index in [-0.39, 0.29) is 16.4 Å². The van der Waals surface area contributed by atoms with Crippen LogP contribution in [0.3, 0.4) is 0 Å². The van der Waals surface area contributed by atoms with Crippen LogP contribution in [-0.2, 0) is 6.54 Å². The van der Waals surface area contributed by atoms with E-state index >= 15 is 0 Å². The van der Waals surface area contributed by atoms with Crippen LogP contribution in [0.2, 0.25) is 0 Å². The van der Waals surface area contributed by atoms with Crippen molar-refractivity contribution in [3.05, 3.63) is 57.2 Å². The molecular weight excluding hydrogens is 304 g/mol. The van der Waals surface area contributed by atoms with Crippen LogP contribution in [0.5, 0.6) is 6.01 Å². The largest absolute Gasteiger partial charge is 0.477 e. The molecule has 0 amide bonds. The highest BCUT2D eigenvalue weighted by Crippen LogP contribution is 2.23. The van der Waals surface area contributed by atoms with E-state index in [9.17, 15) is 9.59 Å². The van der Waals surface area contributed by atoms with E-state index in [1.165, 1.54) is 17.7 Å². The topological polar surface area (TPSA) is 81.4 Å². The lowest BCUT2D eigenvalue weighted by molar-refractivity contribution is 0.0702. The lowest BCUT2D eigenvalue weighted by atomic mass is 10.2. The number of thiophene rings is 1. The first-order valence-electron chi connectivity index (χ1n) is 6.45. The van der Waals surface area contributed by atoms with Gasteiger partial charge in [-0.25, -0.2) is 4.79 Å². The van der Waals surface area contributed by atoms with E-state index in [0.29, 0.717) is 16.8 Å². The van der Waals surface area contributed by atoms with E-state index < -0.39 is 5.97 Å². The maximum atomic E-state index is 12.6. The van der Waals surface area contributed by atoms with Crippen molar-refractivity contribution in [3.8, 4) is 6.01 Å². The Morgan fingerprint density at radius 2 is 2.09 bits per heavy atom. The fourth-order valence-corrected chi connectivity index (χ4v) is 3.02. The first kappa shape index (κ1) is 14.3. The molecule has 0 atom stereocenters. The van der Waals surface area contributed by atoms with Crippen molar-refractivity contribution in [2.75, 3.05) is 7.11 Å². The van der Waals surface area contributed by atoms with Gasteiger partial charge in [0.05, 0.1) is 19.0 Å². The lowest BCUT2D eigenvalue weighted by Crippen LogP contribution is -2.23. The maximum absolute atomic E-state index is 12.6. The lowest BCUT2D eigenvalue weighted by Gasteiger charge is -2.10. The zero-order valence-electron chi connectivity index (χ0n) is 11.6. The first-order chi connectivity index (χ1) is 10.6. The highest BCUT2D eigenvalue weighted by Gasteiger charge is 2.17. The fraction of sp³-hybridized carbons (Fsp3) is 0.133. The predicted octanol–water partition coefficient (Wildman–Crippen LogP) is 2.21. The van der Waals surface area contributed by atoms with Crippen molar-refractivity contribution >= 4 is 27.5 Å². The number of aromatic carboxylic acids is 1. The number of methoxy groups -OCH3 is 1. The van der Waals surface area contributed by atoms with Crippen molar-refractivity contribution in [2.45, 2.75) is 6.54 Å². The van der Waals surface area contributed by atoms with Crippen molar-refractivity contribution < 1.29 is 14.6 Å². The summed E-state index contributed by atoms with van der Waals surface area (Å²) in [6.07, 6.45) is 0. The Balaban J connectivity index is 2.18. The highest BCUT2D eigenvalue weighted by molar-refractivity contribution is 7.20. The molecule has 0 saturated carbocycles. The van der Waals surface area contributed by atoms with Crippen molar-refractivity contribution in [1.29, 1.82) is 0 Å². The number of hydrogen-bond donors (Lipinski definition) is 1. The van der Waals surface area contributed by atoms with Gasteiger partial charge in [0.1, 0.15) is 9.71 Å². The van der Waals surface area contributed by atoms with Crippen LogP contribution in [0.15, 0.2) is 41.2 Å². The van der Waals surface area contributed by atoms with Crippen LogP contribution < -0.4 is 10.3 Å². The smallest absolute Gasteiger partial charge is 0.345 e. The molecule has 0 aliphatic heterocycles. The molecular formula is C15H12N2O4S. The van der Waals surface area contributed by atoms with Crippen LogP contribution in [0, 0.1) is 0 Å². The van der Waals surface area contributed by atoms with Crippen LogP contribution in [-0.4, -0.2) is 27.7 Å². The van der Waals surface area contributed by atoms with Gasteiger partial charge in [0.25, 0.3) is 5.56 Å². The SMILES string of the molecule is COc1nc2sc(C(=O)O)cc2c(=O)n1Cc1ccccc1. The summed E-state index contributed by atoms with van der Waals surface area (Å²) in [6.45, 7) is 0.310. The monoisotopic (exact) mass is 316 g/mol. The summed E-state index contributed by atoms with van der Waals surface area (Å²) in [5.74, 6) is -1.07. The summed E-state index contributed by atoms with van der Waals surface area (Å²) in [6, 6.07) is 11.0. The average molecular weight is 316 g/mol. The summed E-state index contributed by atoms with van der Waals surface area (Å²) in [7, 11) is 1.43. The predicted molar refractivity (Wildman–Crippen MR) is 82.9 cm³/mol. The summed E-state index contributed by atoms with van der Waals surface area (Å²) >= 11 is 0.960. The van der Waals surface area contributed by atoms with Gasteiger partial charge in [-0.15, -0.1) is 11.3 Å². The zero-order valence-corrected chi connectivity index (χ0v) is 12.5. The van der Waals surface area contributed by atoms with E-state index in [4.69, 9.17) is 9.84 Å². The van der Waals surface area contributed by atoms with Crippen LogP contribution in [0.4, 0.5) is 0 Å². The van der Waals surface area contributed by atoms with Gasteiger partial charge in [0, 0.05) is 0 Å². The third kappa shape index (κ3) is 2.46. The normalized spacial score (nSPS) is 10.8. The molecule has 0 bridgehead atoms. The number of nitrogens with zero attached hydrogens (tertiary/aromatic N) is 2. The molecule has 112 valence electrons. The second kappa shape index (κ2) is 5.61. The fourth-order valence-electron chi connectivity index (χ4n) is 2.16. The Bertz CT molecular complexity index is 899. The number of carboxylic acids is 1. The van der Waals surface area contributed by atoms with Gasteiger partial charge in [0.15, 0.2) is 0 Å². The number of hydrogen-bond acceptors (Lipinski definition) is 5. The van der Waals surface area contributed by atoms with Gasteiger partial charge in [-0.3, -0.25) is 9.36 Å². The minimum atomic E-state index is -1.07. The molecule has 1 aromatic carbocycles. The molecule has 0 aliphatic carbocycles. The van der Waals surface area contributed by atoms with Gasteiger partial charge in [-0.1, -0.05) is 30.3 Å². The van der Waals surface area contributed by atoms with Crippen LogP contribution in [0.25, 0.3) is 10.2 Å². The molecule has 7 heteroatoms. The summed E-state index contributed by atoms with van der Waals surface area (Å²) in [4.78, 5) is 28.4. The molecule has 0 aliphatic rings. The molecule has 0 unspecified atom stereocenters. The number of fused-ring (bicyclic) bond motifs is 1. The van der Waals surface area contributed by atoms with Gasteiger partial charge >= 0.3 is 12.0 Å². The van der Waals surface area contributed by atoms with Crippen molar-refractivity contribution in [1.82, 2.24) is 9.55 Å². The van der Waals surface area contributed by atoms with Crippen LogP contribution in [0.1, 0.15) is 15.2 Å². The molecule has 6 nitrogen and oxygen atoms in total. The Kier molecular flexibility index (Phi) is 3.64. The minimum absolute atomic E-state index is 0.0825. The number of benzene rings is 1. The highest BCUT2D eigenvalue weighted by atomic mass is 32.1. The molecule has 2 heterocycles. The van der Waals surface area contributed by atoms with Gasteiger partial charge in [-0.05, 0) is 11.6 Å². The third-order valence-electron chi connectivity index (χ3n) is 3.19. The van der Waals surface area contributed by atoms with Gasteiger partial charge < -0.3 is 9.84 Å². The van der Waals surface area contributed by atoms with Crippen LogP contribution >= 0.6 is 11.3 Å². The number of ether oxygens (including phenoxy) is 1. The molecule has 0 fully saturated rings. The average Bonchev–Trinajstić information content (AvgIpc) is 2.95. The second-order valence-corrected chi connectivity index (χ2v) is 5.64. The molecule has 22 heavy (non-hydrogen) atoms. The second-order valence-electron chi connectivity index (χ2n) is 4.61. The number of aromatic nitrogens is 2.